The highest BCUT2D eigenvalue weighted by atomic mass is 35.5. The Labute approximate surface area is 164 Å². The van der Waals surface area contributed by atoms with E-state index < -0.39 is 0 Å². The Morgan fingerprint density at radius 1 is 1.26 bits per heavy atom. The molecule has 0 saturated heterocycles. The molecule has 27 heavy (non-hydrogen) atoms. The zero-order valence-electron chi connectivity index (χ0n) is 13.9. The number of carbonyl (C=O) groups excluding carboxylic acids is 1. The molecule has 1 aliphatic heterocycles. The van der Waals surface area contributed by atoms with E-state index in [-0.39, 0.29) is 18.3 Å². The number of carbonyl (C=O) groups is 1. The Morgan fingerprint density at radius 3 is 3.04 bits per heavy atom. The Morgan fingerprint density at radius 2 is 2.15 bits per heavy atom. The summed E-state index contributed by atoms with van der Waals surface area (Å²) in [6.07, 6.45) is 1.59. The highest BCUT2D eigenvalue weighted by Crippen LogP contribution is 2.27. The number of aromatic amines is 1. The molecule has 0 radical (unpaired) electrons. The fourth-order valence-electron chi connectivity index (χ4n) is 3.22. The fraction of sp³-hybridized carbons (Fsp3) is 0.111. The lowest BCUT2D eigenvalue weighted by Crippen LogP contribution is -2.24. The predicted octanol–water partition coefficient (Wildman–Crippen LogP) is 3.15. The zero-order valence-corrected chi connectivity index (χ0v) is 15.5. The number of H-pyrrole nitrogens is 1. The van der Waals surface area contributed by atoms with Crippen LogP contribution < -0.4 is 10.9 Å². The summed E-state index contributed by atoms with van der Waals surface area (Å²) in [5.41, 5.74) is 3.05. The second-order valence-electron chi connectivity index (χ2n) is 6.03. The molecule has 7 nitrogen and oxygen atoms in total. The molecule has 0 atom stereocenters. The fourth-order valence-corrected chi connectivity index (χ4v) is 3.44. The van der Waals surface area contributed by atoms with Crippen molar-refractivity contribution in [2.45, 2.75) is 6.54 Å². The van der Waals surface area contributed by atoms with Gasteiger partial charge in [0.2, 0.25) is 5.62 Å². The van der Waals surface area contributed by atoms with Crippen molar-refractivity contribution in [2.24, 2.45) is 4.99 Å². The van der Waals surface area contributed by atoms with Crippen molar-refractivity contribution in [2.75, 3.05) is 11.9 Å². The molecule has 0 fully saturated rings. The molecule has 2 N–H and O–H groups in total. The number of para-hydroxylation sites is 1. The van der Waals surface area contributed by atoms with Crippen molar-refractivity contribution in [3.8, 4) is 0 Å². The number of fused-ring (bicyclic) bond motifs is 4. The van der Waals surface area contributed by atoms with Gasteiger partial charge in [0.25, 0.3) is 5.91 Å². The van der Waals surface area contributed by atoms with Crippen LogP contribution in [0.1, 0.15) is 10.4 Å². The Bertz CT molecular complexity index is 1260. The number of hydrogen-bond donors (Lipinski definition) is 2. The van der Waals surface area contributed by atoms with E-state index in [0.29, 0.717) is 28.3 Å². The normalized spacial score (nSPS) is 13.4. The first kappa shape index (κ1) is 17.5. The van der Waals surface area contributed by atoms with Gasteiger partial charge in [-0.15, -0.1) is 12.4 Å². The largest absolute Gasteiger partial charge is 0.369 e. The molecule has 136 valence electrons. The highest BCUT2D eigenvalue weighted by molar-refractivity contribution is 6.35. The topological polar surface area (TPSA) is 88.0 Å². The molecule has 0 aliphatic carbocycles. The molecule has 0 spiro atoms. The summed E-state index contributed by atoms with van der Waals surface area (Å²) in [4.78, 5) is 28.7. The number of amides is 1. The molecule has 1 aliphatic rings. The van der Waals surface area contributed by atoms with Crippen LogP contribution in [0.5, 0.6) is 0 Å². The second-order valence-corrected chi connectivity index (χ2v) is 6.43. The number of hydrogen-bond acceptors (Lipinski definition) is 4. The molecule has 0 unspecified atom stereocenters. The molecular weight excluding hydrogens is 387 g/mol. The third-order valence-electron chi connectivity index (χ3n) is 4.46. The Kier molecular flexibility index (Phi) is 4.33. The third kappa shape index (κ3) is 2.85. The number of imidazole rings is 1. The van der Waals surface area contributed by atoms with E-state index in [4.69, 9.17) is 11.6 Å². The standard InChI is InChI=1S/C18H13ClN6O.ClH/c19-12-3-1-2-11-15(12)23-18(25-7-6-20-16(11)25)24-17(26)10-4-5-13-14(8-10)22-9-21-13;/h1-5,8-9,20H,6-7H2,(H,21,22);1H. The third-order valence-corrected chi connectivity index (χ3v) is 4.77. The quantitative estimate of drug-likeness (QED) is 0.513. The van der Waals surface area contributed by atoms with Crippen molar-refractivity contribution in [3.63, 3.8) is 0 Å². The van der Waals surface area contributed by atoms with E-state index in [1.54, 1.807) is 30.6 Å². The van der Waals surface area contributed by atoms with Gasteiger partial charge in [-0.3, -0.25) is 9.36 Å². The number of rotatable bonds is 1. The Hall–Kier alpha value is -2.90. The van der Waals surface area contributed by atoms with E-state index >= 15 is 0 Å². The van der Waals surface area contributed by atoms with Gasteiger partial charge in [-0.25, -0.2) is 9.97 Å². The first-order valence-electron chi connectivity index (χ1n) is 8.16. The maximum atomic E-state index is 12.7. The van der Waals surface area contributed by atoms with Crippen LogP contribution in [0.2, 0.25) is 5.02 Å². The van der Waals surface area contributed by atoms with Gasteiger partial charge in [0.05, 0.1) is 27.9 Å². The van der Waals surface area contributed by atoms with Gasteiger partial charge < -0.3 is 10.3 Å². The van der Waals surface area contributed by atoms with E-state index in [1.165, 1.54) is 0 Å². The molecule has 2 aromatic carbocycles. The average molecular weight is 401 g/mol. The molecule has 0 bridgehead atoms. The van der Waals surface area contributed by atoms with Crippen LogP contribution in [-0.2, 0) is 6.54 Å². The molecular formula is C18H14Cl2N6O. The lowest BCUT2D eigenvalue weighted by atomic mass is 10.2. The van der Waals surface area contributed by atoms with Gasteiger partial charge in [-0.05, 0) is 30.3 Å². The van der Waals surface area contributed by atoms with Crippen molar-refractivity contribution in [1.29, 1.82) is 0 Å². The van der Waals surface area contributed by atoms with Gasteiger partial charge in [0.1, 0.15) is 5.82 Å². The molecule has 0 saturated carbocycles. The summed E-state index contributed by atoms with van der Waals surface area (Å²) < 4.78 is 1.91. The lowest BCUT2D eigenvalue weighted by Gasteiger charge is -2.08. The average Bonchev–Trinajstić information content (AvgIpc) is 3.31. The molecule has 2 aromatic heterocycles. The van der Waals surface area contributed by atoms with Crippen LogP contribution >= 0.6 is 24.0 Å². The first-order chi connectivity index (χ1) is 12.7. The molecule has 1 amide bonds. The number of halogens is 2. The second kappa shape index (κ2) is 6.68. The summed E-state index contributed by atoms with van der Waals surface area (Å²) >= 11 is 6.30. The van der Waals surface area contributed by atoms with E-state index in [0.717, 1.165) is 28.8 Å². The van der Waals surface area contributed by atoms with E-state index in [9.17, 15) is 4.79 Å². The smallest absolute Gasteiger partial charge is 0.280 e. The van der Waals surface area contributed by atoms with Gasteiger partial charge in [-0.2, -0.15) is 4.99 Å². The summed E-state index contributed by atoms with van der Waals surface area (Å²) in [7, 11) is 0. The van der Waals surface area contributed by atoms with Gasteiger partial charge in [0, 0.05) is 24.0 Å². The number of aromatic nitrogens is 4. The molecule has 5 rings (SSSR count). The van der Waals surface area contributed by atoms with Crippen molar-refractivity contribution >= 4 is 57.7 Å². The molecule has 9 heteroatoms. The van der Waals surface area contributed by atoms with Crippen molar-refractivity contribution in [1.82, 2.24) is 19.5 Å². The summed E-state index contributed by atoms with van der Waals surface area (Å²) in [5.74, 6) is 0.523. The summed E-state index contributed by atoms with van der Waals surface area (Å²) in [6.45, 7) is 1.45. The van der Waals surface area contributed by atoms with E-state index in [2.05, 4.69) is 25.3 Å². The molecule has 4 aromatic rings. The van der Waals surface area contributed by atoms with Crippen molar-refractivity contribution in [3.05, 3.63) is 58.9 Å². The maximum Gasteiger partial charge on any atom is 0.280 e. The maximum absolute atomic E-state index is 12.7. The van der Waals surface area contributed by atoms with Crippen molar-refractivity contribution < 1.29 is 4.79 Å². The van der Waals surface area contributed by atoms with Crippen LogP contribution in [0.3, 0.4) is 0 Å². The Balaban J connectivity index is 0.00000180. The minimum absolute atomic E-state index is 0. The minimum atomic E-state index is -0.359. The van der Waals surface area contributed by atoms with Crippen LogP contribution in [0.15, 0.2) is 47.7 Å². The number of nitrogens with one attached hydrogen (secondary N) is 2. The SMILES string of the molecule is Cl.O=C(N=c1nc2c(Cl)cccc2c2n1CCN2)c1ccc2nc[nH]c2c1. The zero-order chi connectivity index (χ0) is 17.7. The van der Waals surface area contributed by atoms with Crippen LogP contribution in [0.4, 0.5) is 5.82 Å². The highest BCUT2D eigenvalue weighted by Gasteiger charge is 2.17. The van der Waals surface area contributed by atoms with Gasteiger partial charge in [-0.1, -0.05) is 17.7 Å². The summed E-state index contributed by atoms with van der Waals surface area (Å²) in [6, 6.07) is 10.9. The minimum Gasteiger partial charge on any atom is -0.369 e. The monoisotopic (exact) mass is 400 g/mol. The number of anilines is 1. The number of benzene rings is 2. The van der Waals surface area contributed by atoms with Crippen LogP contribution in [-0.4, -0.2) is 32.0 Å². The van der Waals surface area contributed by atoms with Gasteiger partial charge in [0.15, 0.2) is 0 Å². The summed E-state index contributed by atoms with van der Waals surface area (Å²) in [5, 5.41) is 4.77. The number of nitrogens with zero attached hydrogens (tertiary/aromatic N) is 4. The van der Waals surface area contributed by atoms with Crippen LogP contribution in [0.25, 0.3) is 21.9 Å². The predicted molar refractivity (Wildman–Crippen MR) is 106 cm³/mol. The first-order valence-corrected chi connectivity index (χ1v) is 8.54. The van der Waals surface area contributed by atoms with Gasteiger partial charge >= 0.3 is 0 Å². The molecule has 3 heterocycles. The van der Waals surface area contributed by atoms with Crippen LogP contribution in [0, 0.1) is 0 Å². The lowest BCUT2D eigenvalue weighted by molar-refractivity contribution is 0.0996. The van der Waals surface area contributed by atoms with E-state index in [1.807, 2.05) is 16.7 Å².